The Labute approximate surface area is 202 Å². The van der Waals surface area contributed by atoms with Crippen molar-refractivity contribution in [2.45, 2.75) is 45.1 Å². The van der Waals surface area contributed by atoms with Gasteiger partial charge in [0.25, 0.3) is 5.91 Å². The predicted octanol–water partition coefficient (Wildman–Crippen LogP) is 3.06. The van der Waals surface area contributed by atoms with Crippen LogP contribution in [0.2, 0.25) is 0 Å². The van der Waals surface area contributed by atoms with Gasteiger partial charge in [-0.1, -0.05) is 32.1 Å². The van der Waals surface area contributed by atoms with E-state index < -0.39 is 11.6 Å². The topological polar surface area (TPSA) is 73.0 Å². The normalized spacial score (nSPS) is 21.9. The summed E-state index contributed by atoms with van der Waals surface area (Å²) in [5, 5.41) is 3.01. The largest absolute Gasteiger partial charge is 0.339 e. The predicted molar refractivity (Wildman–Crippen MR) is 130 cm³/mol. The summed E-state index contributed by atoms with van der Waals surface area (Å²) in [5.74, 6) is -0.502. The van der Waals surface area contributed by atoms with Crippen molar-refractivity contribution >= 4 is 17.8 Å². The molecular weight excluding hydrogens is 435 g/mol. The highest BCUT2D eigenvalue weighted by atomic mass is 19.1. The number of rotatable bonds is 9. The van der Waals surface area contributed by atoms with Gasteiger partial charge in [0, 0.05) is 26.1 Å². The van der Waals surface area contributed by atoms with Crippen LogP contribution in [-0.4, -0.2) is 78.4 Å². The Hall–Kier alpha value is -2.74. The molecule has 4 amide bonds. The molecule has 0 bridgehead atoms. The fourth-order valence-electron chi connectivity index (χ4n) is 4.88. The Kier molecular flexibility index (Phi) is 8.47. The van der Waals surface area contributed by atoms with Gasteiger partial charge >= 0.3 is 6.03 Å². The Morgan fingerprint density at radius 2 is 1.97 bits per heavy atom. The number of nitrogens with one attached hydrogen (secondary N) is 1. The number of halogens is 1. The molecule has 1 atom stereocenters. The minimum absolute atomic E-state index is 0.0292. The molecule has 1 N–H and O–H groups in total. The molecule has 0 unspecified atom stereocenters. The maximum absolute atomic E-state index is 13.9. The Balaban J connectivity index is 1.80. The van der Waals surface area contributed by atoms with E-state index in [1.165, 1.54) is 17.0 Å². The van der Waals surface area contributed by atoms with Gasteiger partial charge in [-0.25, -0.2) is 9.18 Å². The van der Waals surface area contributed by atoms with Crippen LogP contribution in [0.25, 0.3) is 0 Å². The zero-order chi connectivity index (χ0) is 24.9. The standard InChI is InChI=1S/C26H37FN4O3/c1-19(2)9-10-23(32)30-15-11-21(12-16-30)26(18-20-7-5-8-22(27)17-20)24(33)31(25(34)28-26)14-6-13-29(3)4/h5,7-10,17,19,21H,6,11-16,18H2,1-4H3,(H,28,34)/b10-9+/t26-/m1/s1. The Morgan fingerprint density at radius 3 is 2.59 bits per heavy atom. The highest BCUT2D eigenvalue weighted by molar-refractivity contribution is 6.07. The molecule has 7 nitrogen and oxygen atoms in total. The summed E-state index contributed by atoms with van der Waals surface area (Å²) in [5.41, 5.74) is -0.464. The average Bonchev–Trinajstić information content (AvgIpc) is 3.02. The average molecular weight is 473 g/mol. The molecular formula is C26H37FN4O3. The number of amides is 4. The van der Waals surface area contributed by atoms with Gasteiger partial charge in [-0.2, -0.15) is 0 Å². The van der Waals surface area contributed by atoms with E-state index in [0.717, 1.165) is 6.54 Å². The SMILES string of the molecule is CC(C)/C=C/C(=O)N1CCC([C@@]2(Cc3cccc(F)c3)NC(=O)N(CCCN(C)C)C2=O)CC1. The fraction of sp³-hybridized carbons (Fsp3) is 0.577. The van der Waals surface area contributed by atoms with Gasteiger partial charge in [-0.15, -0.1) is 0 Å². The molecule has 2 heterocycles. The highest BCUT2D eigenvalue weighted by Crippen LogP contribution is 2.36. The van der Waals surface area contributed by atoms with Crippen LogP contribution in [0.5, 0.6) is 0 Å². The second-order valence-corrected chi connectivity index (χ2v) is 10.0. The van der Waals surface area contributed by atoms with E-state index in [1.54, 1.807) is 23.1 Å². The van der Waals surface area contributed by atoms with Gasteiger partial charge in [-0.05, 0) is 75.5 Å². The van der Waals surface area contributed by atoms with Gasteiger partial charge < -0.3 is 15.1 Å². The number of urea groups is 1. The zero-order valence-electron chi connectivity index (χ0n) is 20.7. The van der Waals surface area contributed by atoms with Crippen molar-refractivity contribution in [1.29, 1.82) is 0 Å². The van der Waals surface area contributed by atoms with E-state index in [4.69, 9.17) is 0 Å². The van der Waals surface area contributed by atoms with Crippen molar-refractivity contribution in [1.82, 2.24) is 20.0 Å². The summed E-state index contributed by atoms with van der Waals surface area (Å²) in [6.07, 6.45) is 5.58. The number of likely N-dealkylation sites (tertiary alicyclic amines) is 1. The number of hydrogen-bond acceptors (Lipinski definition) is 4. The summed E-state index contributed by atoms with van der Waals surface area (Å²) in [6, 6.07) is 5.81. The van der Waals surface area contributed by atoms with Crippen molar-refractivity contribution < 1.29 is 18.8 Å². The van der Waals surface area contributed by atoms with Crippen LogP contribution in [0.4, 0.5) is 9.18 Å². The van der Waals surface area contributed by atoms with E-state index in [9.17, 15) is 18.8 Å². The number of nitrogens with zero attached hydrogens (tertiary/aromatic N) is 3. The molecule has 1 aromatic rings. The van der Waals surface area contributed by atoms with Crippen molar-refractivity contribution in [2.24, 2.45) is 11.8 Å². The van der Waals surface area contributed by atoms with Crippen molar-refractivity contribution in [2.75, 3.05) is 40.3 Å². The molecule has 0 aliphatic carbocycles. The van der Waals surface area contributed by atoms with E-state index >= 15 is 0 Å². The summed E-state index contributed by atoms with van der Waals surface area (Å²) < 4.78 is 13.9. The third kappa shape index (κ3) is 6.03. The molecule has 2 aliphatic rings. The van der Waals surface area contributed by atoms with Crippen molar-refractivity contribution in [3.8, 4) is 0 Å². The van der Waals surface area contributed by atoms with Gasteiger partial charge in [0.1, 0.15) is 11.4 Å². The number of carbonyl (C=O) groups is 3. The van der Waals surface area contributed by atoms with Crippen LogP contribution < -0.4 is 5.32 Å². The minimum Gasteiger partial charge on any atom is -0.339 e. The zero-order valence-corrected chi connectivity index (χ0v) is 20.7. The lowest BCUT2D eigenvalue weighted by molar-refractivity contribution is -0.134. The molecule has 3 rings (SSSR count). The van der Waals surface area contributed by atoms with E-state index in [-0.39, 0.29) is 30.0 Å². The molecule has 0 aromatic heterocycles. The fourth-order valence-corrected chi connectivity index (χ4v) is 4.88. The third-order valence-corrected chi connectivity index (χ3v) is 6.69. The van der Waals surface area contributed by atoms with Crippen LogP contribution in [0.15, 0.2) is 36.4 Å². The first-order valence-electron chi connectivity index (χ1n) is 12.1. The summed E-state index contributed by atoms with van der Waals surface area (Å²) in [4.78, 5) is 44.3. The Bertz CT molecular complexity index is 924. The second-order valence-electron chi connectivity index (χ2n) is 10.0. The van der Waals surface area contributed by atoms with Gasteiger partial charge in [0.15, 0.2) is 0 Å². The lowest BCUT2D eigenvalue weighted by atomic mass is 9.74. The molecule has 0 saturated carbocycles. The molecule has 34 heavy (non-hydrogen) atoms. The van der Waals surface area contributed by atoms with Crippen LogP contribution >= 0.6 is 0 Å². The highest BCUT2D eigenvalue weighted by Gasteiger charge is 2.55. The van der Waals surface area contributed by atoms with Crippen LogP contribution in [-0.2, 0) is 16.0 Å². The van der Waals surface area contributed by atoms with Gasteiger partial charge in [-0.3, -0.25) is 14.5 Å². The quantitative estimate of drug-likeness (QED) is 0.443. The molecule has 1 aromatic carbocycles. The molecule has 2 saturated heterocycles. The van der Waals surface area contributed by atoms with Crippen molar-refractivity contribution in [3.05, 3.63) is 47.8 Å². The van der Waals surface area contributed by atoms with E-state index in [0.29, 0.717) is 50.4 Å². The molecule has 186 valence electrons. The van der Waals surface area contributed by atoms with Gasteiger partial charge in [0.2, 0.25) is 5.91 Å². The third-order valence-electron chi connectivity index (χ3n) is 6.69. The molecule has 8 heteroatoms. The van der Waals surface area contributed by atoms with Crippen LogP contribution in [0.1, 0.15) is 38.7 Å². The van der Waals surface area contributed by atoms with Crippen LogP contribution in [0, 0.1) is 17.7 Å². The minimum atomic E-state index is -1.13. The Morgan fingerprint density at radius 1 is 1.26 bits per heavy atom. The molecule has 0 radical (unpaired) electrons. The van der Waals surface area contributed by atoms with E-state index in [2.05, 4.69) is 5.32 Å². The molecule has 0 spiro atoms. The number of allylic oxidation sites excluding steroid dienone is 1. The first-order valence-corrected chi connectivity index (χ1v) is 12.1. The first kappa shape index (κ1) is 25.9. The summed E-state index contributed by atoms with van der Waals surface area (Å²) in [7, 11) is 3.90. The maximum Gasteiger partial charge on any atom is 0.325 e. The second kappa shape index (κ2) is 11.1. The van der Waals surface area contributed by atoms with Gasteiger partial charge in [0.05, 0.1) is 0 Å². The van der Waals surface area contributed by atoms with Crippen LogP contribution in [0.3, 0.4) is 0 Å². The lowest BCUT2D eigenvalue weighted by Gasteiger charge is -2.41. The summed E-state index contributed by atoms with van der Waals surface area (Å²) in [6.45, 7) is 6.17. The van der Waals surface area contributed by atoms with E-state index in [1.807, 2.05) is 38.9 Å². The number of hydrogen-bond donors (Lipinski definition) is 1. The van der Waals surface area contributed by atoms with Crippen molar-refractivity contribution in [3.63, 3.8) is 0 Å². The summed E-state index contributed by atoms with van der Waals surface area (Å²) >= 11 is 0. The maximum atomic E-state index is 13.9. The number of imide groups is 1. The monoisotopic (exact) mass is 472 g/mol. The number of benzene rings is 1. The number of carbonyl (C=O) groups excluding carboxylic acids is 3. The number of piperidine rings is 1. The smallest absolute Gasteiger partial charge is 0.325 e. The first-order chi connectivity index (χ1) is 16.1. The lowest BCUT2D eigenvalue weighted by Crippen LogP contribution is -2.58. The molecule has 2 aliphatic heterocycles. The molecule has 2 fully saturated rings.